The minimum atomic E-state index is -3.35. The minimum absolute atomic E-state index is 0.148. The Hall–Kier alpha value is -2.46. The van der Waals surface area contributed by atoms with Crippen LogP contribution in [0.4, 0.5) is 10.5 Å². The highest BCUT2D eigenvalue weighted by atomic mass is 32.2. The molecule has 0 radical (unpaired) electrons. The molecular weight excluding hydrogens is 384 g/mol. The number of urea groups is 1. The van der Waals surface area contributed by atoms with Crippen LogP contribution >= 0.6 is 0 Å². The third-order valence-electron chi connectivity index (χ3n) is 4.96. The van der Waals surface area contributed by atoms with Crippen LogP contribution in [0, 0.1) is 0 Å². The summed E-state index contributed by atoms with van der Waals surface area (Å²) in [5.41, 5.74) is 0.451. The van der Waals surface area contributed by atoms with E-state index in [1.165, 1.54) is 9.21 Å². The summed E-state index contributed by atoms with van der Waals surface area (Å²) in [6.07, 6.45) is -0.148. The molecule has 0 aliphatic carbocycles. The summed E-state index contributed by atoms with van der Waals surface area (Å²) < 4.78 is 25.8. The van der Waals surface area contributed by atoms with Crippen molar-refractivity contribution in [2.45, 2.75) is 31.6 Å². The summed E-state index contributed by atoms with van der Waals surface area (Å²) in [5, 5.41) is 2.04. The number of carbonyl (C=O) groups excluding carboxylic acids is 3. The van der Waals surface area contributed by atoms with E-state index in [9.17, 15) is 22.8 Å². The highest BCUT2D eigenvalue weighted by Gasteiger charge is 2.41. The number of anilines is 1. The normalized spacial score (nSPS) is 21.3. The largest absolute Gasteiger partial charge is 0.340 e. The first kappa shape index (κ1) is 20.3. The number of nitrogens with one attached hydrogen (secondary N) is 1. The van der Waals surface area contributed by atoms with Gasteiger partial charge in [0.05, 0.1) is 17.4 Å². The first-order chi connectivity index (χ1) is 13.2. The smallest absolute Gasteiger partial charge is 0.329 e. The van der Waals surface area contributed by atoms with Crippen LogP contribution in [-0.4, -0.2) is 72.9 Å². The number of amides is 4. The van der Waals surface area contributed by atoms with Gasteiger partial charge in [0.2, 0.25) is 15.9 Å². The van der Waals surface area contributed by atoms with Crippen molar-refractivity contribution in [1.82, 2.24) is 14.5 Å². The molecule has 1 aromatic rings. The Kier molecular flexibility index (Phi) is 5.71. The number of imide groups is 1. The number of hydrogen-bond donors (Lipinski definition) is 1. The van der Waals surface area contributed by atoms with E-state index in [0.29, 0.717) is 5.69 Å². The lowest BCUT2D eigenvalue weighted by Crippen LogP contribution is -2.52. The van der Waals surface area contributed by atoms with E-state index < -0.39 is 33.3 Å². The minimum Gasteiger partial charge on any atom is -0.340 e. The number of sulfonamides is 1. The predicted molar refractivity (Wildman–Crippen MR) is 103 cm³/mol. The molecule has 152 valence electrons. The van der Waals surface area contributed by atoms with Crippen molar-refractivity contribution in [3.63, 3.8) is 0 Å². The predicted octanol–water partition coefficient (Wildman–Crippen LogP) is 0.384. The molecule has 0 aromatic heterocycles. The molecule has 0 saturated carbocycles. The van der Waals surface area contributed by atoms with Crippen molar-refractivity contribution in [2.24, 2.45) is 0 Å². The standard InChI is InChI=1S/C18H24N4O5S/c1-13(2)28(26,27)21-10-8-20(9-11-21)16(23)12-15-17(24)22(18(25)19-15)14-6-4-3-5-7-14/h3-7,13,15H,8-12H2,1-2H3,(H,19,25). The molecule has 4 amide bonds. The third kappa shape index (κ3) is 3.88. The second-order valence-corrected chi connectivity index (χ2v) is 9.58. The zero-order valence-electron chi connectivity index (χ0n) is 15.9. The Morgan fingerprint density at radius 2 is 1.71 bits per heavy atom. The van der Waals surface area contributed by atoms with Crippen LogP contribution in [0.25, 0.3) is 0 Å². The first-order valence-electron chi connectivity index (χ1n) is 9.18. The van der Waals surface area contributed by atoms with Gasteiger partial charge in [-0.05, 0) is 26.0 Å². The highest BCUT2D eigenvalue weighted by Crippen LogP contribution is 2.21. The van der Waals surface area contributed by atoms with Gasteiger partial charge in [-0.2, -0.15) is 4.31 Å². The molecule has 0 spiro atoms. The molecule has 1 N–H and O–H groups in total. The Morgan fingerprint density at radius 3 is 2.29 bits per heavy atom. The Bertz CT molecular complexity index is 863. The van der Waals surface area contributed by atoms with Crippen molar-refractivity contribution >= 4 is 33.6 Å². The Balaban J connectivity index is 1.59. The number of hydrogen-bond acceptors (Lipinski definition) is 5. The summed E-state index contributed by atoms with van der Waals surface area (Å²) in [5.74, 6) is -0.749. The SMILES string of the molecule is CC(C)S(=O)(=O)N1CCN(C(=O)CC2NC(=O)N(c3ccccc3)C2=O)CC1. The van der Waals surface area contributed by atoms with Crippen LogP contribution in [0.1, 0.15) is 20.3 Å². The molecule has 3 rings (SSSR count). The number of rotatable bonds is 5. The summed E-state index contributed by atoms with van der Waals surface area (Å²) in [4.78, 5) is 39.9. The summed E-state index contributed by atoms with van der Waals surface area (Å²) in [6.45, 7) is 4.24. The third-order valence-corrected chi connectivity index (χ3v) is 7.24. The van der Waals surface area contributed by atoms with E-state index in [4.69, 9.17) is 0 Å². The number of carbonyl (C=O) groups is 3. The van der Waals surface area contributed by atoms with Gasteiger partial charge in [0.25, 0.3) is 5.91 Å². The number of nitrogens with zero attached hydrogens (tertiary/aromatic N) is 3. The number of para-hydroxylation sites is 1. The van der Waals surface area contributed by atoms with Gasteiger partial charge in [-0.3, -0.25) is 9.59 Å². The molecular formula is C18H24N4O5S. The molecule has 10 heteroatoms. The lowest BCUT2D eigenvalue weighted by molar-refractivity contribution is -0.134. The van der Waals surface area contributed by atoms with E-state index >= 15 is 0 Å². The van der Waals surface area contributed by atoms with Gasteiger partial charge in [0, 0.05) is 26.2 Å². The molecule has 1 aromatic carbocycles. The van der Waals surface area contributed by atoms with Crippen LogP contribution in [0.3, 0.4) is 0 Å². The van der Waals surface area contributed by atoms with Crippen LogP contribution in [0.2, 0.25) is 0 Å². The first-order valence-corrected chi connectivity index (χ1v) is 10.7. The maximum atomic E-state index is 12.6. The molecule has 0 bridgehead atoms. The van der Waals surface area contributed by atoms with Crippen molar-refractivity contribution in [2.75, 3.05) is 31.1 Å². The van der Waals surface area contributed by atoms with Gasteiger partial charge in [0.1, 0.15) is 6.04 Å². The van der Waals surface area contributed by atoms with Gasteiger partial charge < -0.3 is 10.2 Å². The second-order valence-electron chi connectivity index (χ2n) is 7.09. The highest BCUT2D eigenvalue weighted by molar-refractivity contribution is 7.89. The average molecular weight is 408 g/mol. The second kappa shape index (κ2) is 7.88. The van der Waals surface area contributed by atoms with Crippen LogP contribution < -0.4 is 10.2 Å². The zero-order valence-corrected chi connectivity index (χ0v) is 16.7. The summed E-state index contributed by atoms with van der Waals surface area (Å²) in [7, 11) is -3.35. The maximum absolute atomic E-state index is 12.6. The van der Waals surface area contributed by atoms with Crippen LogP contribution in [0.15, 0.2) is 30.3 Å². The van der Waals surface area contributed by atoms with E-state index in [1.807, 2.05) is 0 Å². The fourth-order valence-electron chi connectivity index (χ4n) is 3.28. The lowest BCUT2D eigenvalue weighted by Gasteiger charge is -2.35. The molecule has 2 saturated heterocycles. The summed E-state index contributed by atoms with van der Waals surface area (Å²) >= 11 is 0. The number of piperazine rings is 1. The fraction of sp³-hybridized carbons (Fsp3) is 0.500. The Morgan fingerprint density at radius 1 is 1.11 bits per heavy atom. The molecule has 2 aliphatic heterocycles. The van der Waals surface area contributed by atoms with Crippen LogP contribution in [-0.2, 0) is 19.6 Å². The van der Waals surface area contributed by atoms with Crippen LogP contribution in [0.5, 0.6) is 0 Å². The van der Waals surface area contributed by atoms with Gasteiger partial charge in [-0.1, -0.05) is 18.2 Å². The van der Waals surface area contributed by atoms with Crippen molar-refractivity contribution < 1.29 is 22.8 Å². The molecule has 28 heavy (non-hydrogen) atoms. The molecule has 2 fully saturated rings. The topological polar surface area (TPSA) is 107 Å². The van der Waals surface area contributed by atoms with Crippen molar-refractivity contribution in [3.05, 3.63) is 30.3 Å². The fourth-order valence-corrected chi connectivity index (χ4v) is 4.55. The van der Waals surface area contributed by atoms with E-state index in [2.05, 4.69) is 5.32 Å². The van der Waals surface area contributed by atoms with Gasteiger partial charge >= 0.3 is 6.03 Å². The lowest BCUT2D eigenvalue weighted by atomic mass is 10.1. The van der Waals surface area contributed by atoms with Crippen molar-refractivity contribution in [1.29, 1.82) is 0 Å². The van der Waals surface area contributed by atoms with Gasteiger partial charge in [-0.15, -0.1) is 0 Å². The van der Waals surface area contributed by atoms with Gasteiger partial charge in [0.15, 0.2) is 0 Å². The monoisotopic (exact) mass is 408 g/mol. The average Bonchev–Trinajstić information content (AvgIpc) is 2.95. The van der Waals surface area contributed by atoms with E-state index in [-0.39, 0.29) is 38.5 Å². The molecule has 2 aliphatic rings. The molecule has 1 unspecified atom stereocenters. The van der Waals surface area contributed by atoms with E-state index in [0.717, 1.165) is 4.90 Å². The zero-order chi connectivity index (χ0) is 20.5. The van der Waals surface area contributed by atoms with E-state index in [1.54, 1.807) is 44.2 Å². The molecule has 2 heterocycles. The van der Waals surface area contributed by atoms with Crippen molar-refractivity contribution in [3.8, 4) is 0 Å². The Labute approximate surface area is 164 Å². The maximum Gasteiger partial charge on any atom is 0.329 e. The quantitative estimate of drug-likeness (QED) is 0.709. The molecule has 1 atom stereocenters. The van der Waals surface area contributed by atoms with Gasteiger partial charge in [-0.25, -0.2) is 18.1 Å². The summed E-state index contributed by atoms with van der Waals surface area (Å²) in [6, 6.07) is 7.05. The molecule has 9 nitrogen and oxygen atoms in total. The number of benzene rings is 1.